The van der Waals surface area contributed by atoms with E-state index in [2.05, 4.69) is 34.1 Å². The van der Waals surface area contributed by atoms with Crippen LogP contribution >= 0.6 is 22.9 Å². The number of hydrogen-bond donors (Lipinski definition) is 0. The number of carbonyl (C=O) groups is 1. The predicted molar refractivity (Wildman–Crippen MR) is 168 cm³/mol. The summed E-state index contributed by atoms with van der Waals surface area (Å²) in [6.45, 7) is 9.21. The fraction of sp³-hybridized carbons (Fsp3) is 0.406. The van der Waals surface area contributed by atoms with Crippen molar-refractivity contribution in [2.45, 2.75) is 39.0 Å². The Morgan fingerprint density at radius 2 is 1.71 bits per heavy atom. The summed E-state index contributed by atoms with van der Waals surface area (Å²) in [5, 5.41) is 2.03. The van der Waals surface area contributed by atoms with E-state index in [4.69, 9.17) is 26.3 Å². The van der Waals surface area contributed by atoms with Gasteiger partial charge in [0.05, 0.1) is 5.39 Å². The zero-order valence-corrected chi connectivity index (χ0v) is 25.3. The maximum absolute atomic E-state index is 12.3. The second-order valence-electron chi connectivity index (χ2n) is 10.7. The van der Waals surface area contributed by atoms with Crippen LogP contribution in [0, 0.1) is 0 Å². The number of amides is 1. The molecule has 1 amide bonds. The van der Waals surface area contributed by atoms with Crippen LogP contribution in [0.3, 0.4) is 0 Å². The molecule has 6 rings (SSSR count). The number of aromatic nitrogens is 2. The molecule has 214 valence electrons. The van der Waals surface area contributed by atoms with Crippen LogP contribution in [0.25, 0.3) is 10.2 Å². The Balaban J connectivity index is 1.13. The van der Waals surface area contributed by atoms with Gasteiger partial charge in [-0.2, -0.15) is 0 Å². The third-order valence-electron chi connectivity index (χ3n) is 8.43. The highest BCUT2D eigenvalue weighted by atomic mass is 35.5. The van der Waals surface area contributed by atoms with E-state index in [0.29, 0.717) is 19.0 Å². The second-order valence-corrected chi connectivity index (χ2v) is 12.2. The average molecular weight is 590 g/mol. The number of fused-ring (bicyclic) bond motifs is 3. The molecule has 0 saturated carbocycles. The standard InChI is InChI=1S/C32H36ClN5O2S/c1-3-36(4-2)29(39)20-40-26-12-5-22(6-13-26)23-7-14-27-28(19-23)41-32-30(27)31(34-21-35-32)38-17-15-37(16-18-38)25-10-8-24(33)9-11-25/h5-6,8-13,21,23H,3-4,7,14-20H2,1-2H3. The van der Waals surface area contributed by atoms with Crippen LogP contribution < -0.4 is 14.5 Å². The van der Waals surface area contributed by atoms with E-state index in [1.807, 2.05) is 49.4 Å². The maximum Gasteiger partial charge on any atom is 0.260 e. The number of rotatable bonds is 8. The van der Waals surface area contributed by atoms with E-state index in [1.54, 1.807) is 11.2 Å². The summed E-state index contributed by atoms with van der Waals surface area (Å²) in [5.74, 6) is 2.31. The molecule has 1 aliphatic heterocycles. The number of halogens is 1. The minimum Gasteiger partial charge on any atom is -0.484 e. The van der Waals surface area contributed by atoms with Crippen LogP contribution in [-0.2, 0) is 17.6 Å². The van der Waals surface area contributed by atoms with Crippen molar-refractivity contribution in [3.63, 3.8) is 0 Å². The topological polar surface area (TPSA) is 61.8 Å². The minimum absolute atomic E-state index is 0.0227. The molecule has 1 unspecified atom stereocenters. The first-order chi connectivity index (χ1) is 20.0. The number of ether oxygens (including phenoxy) is 1. The third-order valence-corrected chi connectivity index (χ3v) is 9.84. The van der Waals surface area contributed by atoms with Crippen molar-refractivity contribution >= 4 is 50.6 Å². The van der Waals surface area contributed by atoms with Crippen LogP contribution in [0.1, 0.15) is 42.2 Å². The second kappa shape index (κ2) is 12.2. The Bertz CT molecular complexity index is 1500. The Labute approximate surface area is 250 Å². The Morgan fingerprint density at radius 1 is 1.00 bits per heavy atom. The Morgan fingerprint density at radius 3 is 2.41 bits per heavy atom. The zero-order chi connectivity index (χ0) is 28.3. The Hall–Kier alpha value is -3.36. The van der Waals surface area contributed by atoms with E-state index < -0.39 is 0 Å². The van der Waals surface area contributed by atoms with Gasteiger partial charge in [0.2, 0.25) is 0 Å². The maximum atomic E-state index is 12.3. The lowest BCUT2D eigenvalue weighted by atomic mass is 9.83. The molecule has 41 heavy (non-hydrogen) atoms. The van der Waals surface area contributed by atoms with Gasteiger partial charge in [-0.25, -0.2) is 9.97 Å². The molecule has 0 bridgehead atoms. The van der Waals surface area contributed by atoms with E-state index in [9.17, 15) is 4.79 Å². The first kappa shape index (κ1) is 27.8. The average Bonchev–Trinajstić information content (AvgIpc) is 3.39. The van der Waals surface area contributed by atoms with Gasteiger partial charge in [0.25, 0.3) is 5.91 Å². The molecule has 3 heterocycles. The molecule has 4 aromatic rings. The van der Waals surface area contributed by atoms with Crippen LogP contribution in [0.4, 0.5) is 11.5 Å². The number of anilines is 2. The molecule has 2 aliphatic rings. The molecule has 1 saturated heterocycles. The smallest absolute Gasteiger partial charge is 0.260 e. The van der Waals surface area contributed by atoms with Crippen molar-refractivity contribution in [2.75, 3.05) is 55.7 Å². The molecule has 1 atom stereocenters. The first-order valence-corrected chi connectivity index (χ1v) is 15.7. The molecular weight excluding hydrogens is 554 g/mol. The van der Waals surface area contributed by atoms with E-state index in [-0.39, 0.29) is 12.5 Å². The summed E-state index contributed by atoms with van der Waals surface area (Å²) in [5.41, 5.74) is 3.97. The van der Waals surface area contributed by atoms with Gasteiger partial charge in [0, 0.05) is 54.9 Å². The molecule has 9 heteroatoms. The fourth-order valence-corrected chi connectivity index (χ4v) is 7.48. The lowest BCUT2D eigenvalue weighted by molar-refractivity contribution is -0.132. The number of likely N-dealkylation sites (N-methyl/N-ethyl adjacent to an activating group) is 1. The summed E-state index contributed by atoms with van der Waals surface area (Å²) in [4.78, 5) is 30.9. The largest absolute Gasteiger partial charge is 0.484 e. The monoisotopic (exact) mass is 589 g/mol. The highest BCUT2D eigenvalue weighted by Crippen LogP contribution is 2.43. The summed E-state index contributed by atoms with van der Waals surface area (Å²) < 4.78 is 5.78. The molecule has 7 nitrogen and oxygen atoms in total. The number of thiophene rings is 1. The molecule has 0 radical (unpaired) electrons. The molecular formula is C32H36ClN5O2S. The summed E-state index contributed by atoms with van der Waals surface area (Å²) in [6.07, 6.45) is 4.87. The molecule has 2 aromatic heterocycles. The van der Waals surface area contributed by atoms with Gasteiger partial charge in [-0.15, -0.1) is 11.3 Å². The number of benzene rings is 2. The van der Waals surface area contributed by atoms with Crippen molar-refractivity contribution in [1.82, 2.24) is 14.9 Å². The van der Waals surface area contributed by atoms with E-state index >= 15 is 0 Å². The van der Waals surface area contributed by atoms with Gasteiger partial charge in [-0.3, -0.25) is 4.79 Å². The molecule has 1 fully saturated rings. The van der Waals surface area contributed by atoms with Crippen molar-refractivity contribution in [2.24, 2.45) is 0 Å². The number of carbonyl (C=O) groups excluding carboxylic acids is 1. The summed E-state index contributed by atoms with van der Waals surface area (Å²) in [7, 11) is 0. The predicted octanol–water partition coefficient (Wildman–Crippen LogP) is 6.19. The molecule has 2 aromatic carbocycles. The van der Waals surface area contributed by atoms with Gasteiger partial charge in [-0.1, -0.05) is 23.7 Å². The van der Waals surface area contributed by atoms with E-state index in [0.717, 1.165) is 66.9 Å². The van der Waals surface area contributed by atoms with Crippen molar-refractivity contribution in [3.05, 3.63) is 75.9 Å². The zero-order valence-electron chi connectivity index (χ0n) is 23.7. The summed E-state index contributed by atoms with van der Waals surface area (Å²) in [6, 6.07) is 16.4. The lowest BCUT2D eigenvalue weighted by Crippen LogP contribution is -2.47. The van der Waals surface area contributed by atoms with Crippen LogP contribution in [0.5, 0.6) is 5.75 Å². The number of aryl methyl sites for hydroxylation is 1. The highest BCUT2D eigenvalue weighted by Gasteiger charge is 2.28. The molecule has 1 aliphatic carbocycles. The third kappa shape index (κ3) is 5.86. The number of piperazine rings is 1. The first-order valence-electron chi connectivity index (χ1n) is 14.5. The molecule has 0 N–H and O–H groups in total. The van der Waals surface area contributed by atoms with Gasteiger partial charge >= 0.3 is 0 Å². The quantitative estimate of drug-likeness (QED) is 0.244. The number of nitrogens with zero attached hydrogens (tertiary/aromatic N) is 5. The van der Waals surface area contributed by atoms with Crippen LogP contribution in [-0.4, -0.2) is 66.7 Å². The van der Waals surface area contributed by atoms with Gasteiger partial charge in [0.1, 0.15) is 22.7 Å². The number of hydrogen-bond acceptors (Lipinski definition) is 7. The van der Waals surface area contributed by atoms with Crippen molar-refractivity contribution in [1.29, 1.82) is 0 Å². The highest BCUT2D eigenvalue weighted by molar-refractivity contribution is 7.19. The van der Waals surface area contributed by atoms with Crippen molar-refractivity contribution in [3.8, 4) is 5.75 Å². The fourth-order valence-electron chi connectivity index (χ4n) is 6.10. The van der Waals surface area contributed by atoms with Gasteiger partial charge in [-0.05, 0) is 86.6 Å². The SMILES string of the molecule is CCN(CC)C(=O)COc1ccc(C2CCc3c(sc4ncnc(N5CCN(c6ccc(Cl)cc6)CC5)c34)C2)cc1. The minimum atomic E-state index is 0.0227. The van der Waals surface area contributed by atoms with Crippen LogP contribution in [0.2, 0.25) is 5.02 Å². The lowest BCUT2D eigenvalue weighted by Gasteiger charge is -2.37. The van der Waals surface area contributed by atoms with Crippen molar-refractivity contribution < 1.29 is 9.53 Å². The van der Waals surface area contributed by atoms with Gasteiger partial charge < -0.3 is 19.4 Å². The Kier molecular flexibility index (Phi) is 8.30. The normalized spacial score (nSPS) is 17.0. The molecule has 0 spiro atoms. The van der Waals surface area contributed by atoms with E-state index in [1.165, 1.54) is 27.1 Å². The van der Waals surface area contributed by atoms with Gasteiger partial charge in [0.15, 0.2) is 6.61 Å². The van der Waals surface area contributed by atoms with Crippen LogP contribution in [0.15, 0.2) is 54.9 Å². The summed E-state index contributed by atoms with van der Waals surface area (Å²) >= 11 is 7.92.